The second-order valence-electron chi connectivity index (χ2n) is 8.09. The third-order valence-electron chi connectivity index (χ3n) is 5.67. The molecule has 1 aromatic rings. The van der Waals surface area contributed by atoms with E-state index in [1.54, 1.807) is 0 Å². The lowest BCUT2D eigenvalue weighted by Gasteiger charge is -2.34. The van der Waals surface area contributed by atoms with Crippen molar-refractivity contribution in [3.8, 4) is 0 Å². The van der Waals surface area contributed by atoms with E-state index in [9.17, 15) is 4.79 Å². The van der Waals surface area contributed by atoms with Crippen LogP contribution in [-0.4, -0.2) is 65.7 Å². The molecule has 0 radical (unpaired) electrons. The minimum absolute atomic E-state index is 0. The third-order valence-corrected chi connectivity index (χ3v) is 7.71. The fraction of sp³-hybridized carbons (Fsp3) is 0.652. The van der Waals surface area contributed by atoms with Crippen LogP contribution in [0.15, 0.2) is 40.2 Å². The first-order valence-corrected chi connectivity index (χ1v) is 13.3. The van der Waals surface area contributed by atoms with Gasteiger partial charge in [0.2, 0.25) is 5.91 Å². The molecule has 0 spiro atoms. The van der Waals surface area contributed by atoms with Crippen LogP contribution in [0.4, 0.5) is 0 Å². The fourth-order valence-electron chi connectivity index (χ4n) is 4.03. The monoisotopic (exact) mass is 576 g/mol. The minimum Gasteiger partial charge on any atom is -0.357 e. The predicted octanol–water partition coefficient (Wildman–Crippen LogP) is 4.47. The molecule has 1 unspecified atom stereocenters. The molecule has 3 rings (SSSR count). The van der Waals surface area contributed by atoms with Crippen LogP contribution in [0.2, 0.25) is 0 Å². The van der Waals surface area contributed by atoms with E-state index in [2.05, 4.69) is 53.6 Å². The van der Waals surface area contributed by atoms with E-state index in [-0.39, 0.29) is 29.9 Å². The number of benzene rings is 1. The van der Waals surface area contributed by atoms with Crippen LogP contribution in [0, 0.1) is 5.92 Å². The van der Waals surface area contributed by atoms with Gasteiger partial charge in [0.15, 0.2) is 5.96 Å². The zero-order valence-corrected chi connectivity index (χ0v) is 22.7. The Bertz CT molecular complexity index is 677. The van der Waals surface area contributed by atoms with Crippen molar-refractivity contribution in [1.82, 2.24) is 15.5 Å². The zero-order chi connectivity index (χ0) is 21.2. The molecule has 1 aliphatic heterocycles. The first-order chi connectivity index (χ1) is 14.7. The molecule has 1 aliphatic carbocycles. The van der Waals surface area contributed by atoms with Gasteiger partial charge in [0.25, 0.3) is 0 Å². The molecule has 1 aromatic carbocycles. The number of carbonyl (C=O) groups is 1. The molecular formula is C23H37IN4OS2. The highest BCUT2D eigenvalue weighted by Gasteiger charge is 2.30. The highest BCUT2D eigenvalue weighted by atomic mass is 127. The maximum absolute atomic E-state index is 12.8. The van der Waals surface area contributed by atoms with Gasteiger partial charge in [-0.2, -0.15) is 11.8 Å². The normalized spacial score (nSPS) is 22.9. The van der Waals surface area contributed by atoms with Gasteiger partial charge in [0, 0.05) is 53.2 Å². The highest BCUT2D eigenvalue weighted by molar-refractivity contribution is 14.0. The van der Waals surface area contributed by atoms with E-state index in [0.717, 1.165) is 69.3 Å². The second-order valence-corrected chi connectivity index (χ2v) is 10.8. The molecule has 2 N–H and O–H groups in total. The second kappa shape index (κ2) is 14.5. The number of hydrogen-bond donors (Lipinski definition) is 2. The molecule has 0 aromatic heterocycles. The van der Waals surface area contributed by atoms with Gasteiger partial charge >= 0.3 is 0 Å². The van der Waals surface area contributed by atoms with Gasteiger partial charge in [0.05, 0.1) is 6.54 Å². The van der Waals surface area contributed by atoms with Gasteiger partial charge in [-0.1, -0.05) is 25.1 Å². The van der Waals surface area contributed by atoms with Crippen LogP contribution in [0.3, 0.4) is 0 Å². The van der Waals surface area contributed by atoms with Crippen molar-refractivity contribution in [2.45, 2.75) is 55.7 Å². The highest BCUT2D eigenvalue weighted by Crippen LogP contribution is 2.27. The summed E-state index contributed by atoms with van der Waals surface area (Å²) in [5.74, 6) is 3.69. The van der Waals surface area contributed by atoms with Crippen molar-refractivity contribution in [1.29, 1.82) is 0 Å². The average molecular weight is 577 g/mol. The molecule has 2 fully saturated rings. The molecule has 8 heteroatoms. The molecule has 174 valence electrons. The number of rotatable bonds is 7. The van der Waals surface area contributed by atoms with Gasteiger partial charge in [-0.25, -0.2) is 0 Å². The van der Waals surface area contributed by atoms with Crippen LogP contribution >= 0.6 is 47.5 Å². The van der Waals surface area contributed by atoms with Crippen LogP contribution in [0.5, 0.6) is 0 Å². The van der Waals surface area contributed by atoms with Crippen molar-refractivity contribution < 1.29 is 4.79 Å². The third kappa shape index (κ3) is 9.04. The minimum atomic E-state index is 0. The Morgan fingerprint density at radius 3 is 2.52 bits per heavy atom. The van der Waals surface area contributed by atoms with E-state index >= 15 is 0 Å². The van der Waals surface area contributed by atoms with Crippen LogP contribution in [0.25, 0.3) is 0 Å². The Balaban J connectivity index is 0.00000341. The van der Waals surface area contributed by atoms with Gasteiger partial charge in [-0.15, -0.1) is 35.7 Å². The number of halogens is 1. The summed E-state index contributed by atoms with van der Waals surface area (Å²) in [5.41, 5.74) is 0. The molecule has 5 nitrogen and oxygen atoms in total. The van der Waals surface area contributed by atoms with Crippen molar-refractivity contribution in [2.75, 3.05) is 37.7 Å². The van der Waals surface area contributed by atoms with E-state index < -0.39 is 0 Å². The maximum Gasteiger partial charge on any atom is 0.225 e. The van der Waals surface area contributed by atoms with Gasteiger partial charge < -0.3 is 15.5 Å². The summed E-state index contributed by atoms with van der Waals surface area (Å²) in [6.45, 7) is 7.81. The van der Waals surface area contributed by atoms with Gasteiger partial charge in [-0.05, 0) is 44.7 Å². The first kappa shape index (κ1) is 26.6. The summed E-state index contributed by atoms with van der Waals surface area (Å²) in [7, 11) is 0. The molecule has 1 saturated carbocycles. The standard InChI is InChI=1S/C23H36N4OS2.HI/c1-3-24-23(25-17-18(2)30-21-7-5-4-6-8-21)26-20-11-9-19(10-12-20)22(28)27-13-15-29-16-14-27;/h4-8,18-20H,3,9-17H2,1-2H3,(H2,24,25,26);1H. The van der Waals surface area contributed by atoms with E-state index in [1.165, 1.54) is 4.90 Å². The maximum atomic E-state index is 12.8. The smallest absolute Gasteiger partial charge is 0.225 e. The van der Waals surface area contributed by atoms with Crippen molar-refractivity contribution >= 4 is 59.4 Å². The fourth-order valence-corrected chi connectivity index (χ4v) is 5.86. The summed E-state index contributed by atoms with van der Waals surface area (Å²) in [5, 5.41) is 7.42. The summed E-state index contributed by atoms with van der Waals surface area (Å²) < 4.78 is 0. The number of nitrogens with one attached hydrogen (secondary N) is 2. The van der Waals surface area contributed by atoms with Gasteiger partial charge in [0.1, 0.15) is 0 Å². The van der Waals surface area contributed by atoms with Crippen LogP contribution in [0.1, 0.15) is 39.5 Å². The predicted molar refractivity (Wildman–Crippen MR) is 146 cm³/mol. The number of aliphatic imine (C=N–C) groups is 1. The van der Waals surface area contributed by atoms with E-state index in [0.29, 0.717) is 17.2 Å². The lowest BCUT2D eigenvalue weighted by molar-refractivity contribution is -0.136. The summed E-state index contributed by atoms with van der Waals surface area (Å²) in [6.07, 6.45) is 4.05. The molecule has 2 aliphatic rings. The van der Waals surface area contributed by atoms with Crippen LogP contribution in [-0.2, 0) is 4.79 Å². The number of thioether (sulfide) groups is 2. The van der Waals surface area contributed by atoms with E-state index in [4.69, 9.17) is 4.99 Å². The van der Waals surface area contributed by atoms with Gasteiger partial charge in [-0.3, -0.25) is 9.79 Å². The molecule has 31 heavy (non-hydrogen) atoms. The molecule has 1 heterocycles. The summed E-state index contributed by atoms with van der Waals surface area (Å²) in [4.78, 5) is 21.0. The number of guanidine groups is 1. The molecule has 1 saturated heterocycles. The molecule has 1 atom stereocenters. The number of amides is 1. The number of carbonyl (C=O) groups excluding carboxylic acids is 1. The lowest BCUT2D eigenvalue weighted by Crippen LogP contribution is -2.47. The Labute approximate surface area is 213 Å². The average Bonchev–Trinajstić information content (AvgIpc) is 2.79. The Morgan fingerprint density at radius 1 is 1.19 bits per heavy atom. The lowest BCUT2D eigenvalue weighted by atomic mass is 9.85. The number of hydrogen-bond acceptors (Lipinski definition) is 4. The summed E-state index contributed by atoms with van der Waals surface area (Å²) in [6, 6.07) is 10.9. The topological polar surface area (TPSA) is 56.7 Å². The Kier molecular flexibility index (Phi) is 12.5. The van der Waals surface area contributed by atoms with Crippen molar-refractivity contribution in [3.63, 3.8) is 0 Å². The quantitative estimate of drug-likeness (QED) is 0.217. The first-order valence-electron chi connectivity index (χ1n) is 11.3. The Hall–Kier alpha value is -0.610. The SMILES string of the molecule is CCNC(=NCC(C)Sc1ccccc1)NC1CCC(C(=O)N2CCSCC2)CC1.I. The number of nitrogens with zero attached hydrogens (tertiary/aromatic N) is 2. The van der Waals surface area contributed by atoms with E-state index in [1.807, 2.05) is 29.6 Å². The largest absolute Gasteiger partial charge is 0.357 e. The molecule has 0 bridgehead atoms. The summed E-state index contributed by atoms with van der Waals surface area (Å²) >= 11 is 3.82. The Morgan fingerprint density at radius 2 is 1.87 bits per heavy atom. The molecule has 1 amide bonds. The van der Waals surface area contributed by atoms with Crippen LogP contribution < -0.4 is 10.6 Å². The molecular weight excluding hydrogens is 539 g/mol. The van der Waals surface area contributed by atoms with Crippen molar-refractivity contribution in [3.05, 3.63) is 30.3 Å². The van der Waals surface area contributed by atoms with Crippen molar-refractivity contribution in [2.24, 2.45) is 10.9 Å². The zero-order valence-electron chi connectivity index (χ0n) is 18.7.